The maximum Gasteiger partial charge on any atom is 0.475 e. The van der Waals surface area contributed by atoms with Gasteiger partial charge in [0.1, 0.15) is 5.75 Å². The molecular formula is C7H5F3O2S. The van der Waals surface area contributed by atoms with E-state index >= 15 is 0 Å². The Balaban J connectivity index is 2.97. The second kappa shape index (κ2) is 3.37. The standard InChI is InChI=1S/C7H5F3O2S/c8-7(9,10)13(12)6-3-1-5(11)2-4-6/h1-4,11H/t13-/m1/s1. The van der Waals surface area contributed by atoms with Crippen LogP contribution in [0.2, 0.25) is 0 Å². The van der Waals surface area contributed by atoms with Crippen molar-refractivity contribution < 1.29 is 22.5 Å². The summed E-state index contributed by atoms with van der Waals surface area (Å²) in [7, 11) is -3.02. The Kier molecular flexibility index (Phi) is 2.60. The van der Waals surface area contributed by atoms with Crippen LogP contribution in [0.5, 0.6) is 5.75 Å². The number of halogens is 3. The summed E-state index contributed by atoms with van der Waals surface area (Å²) >= 11 is 0. The van der Waals surface area contributed by atoms with Crippen molar-refractivity contribution in [2.24, 2.45) is 0 Å². The highest BCUT2D eigenvalue weighted by atomic mass is 32.2. The third kappa shape index (κ3) is 2.45. The molecule has 0 aliphatic carbocycles. The van der Waals surface area contributed by atoms with Gasteiger partial charge in [0.25, 0.3) is 0 Å². The van der Waals surface area contributed by atoms with Crippen LogP contribution in [0.25, 0.3) is 0 Å². The molecule has 1 N–H and O–H groups in total. The summed E-state index contributed by atoms with van der Waals surface area (Å²) in [5.41, 5.74) is -4.75. The van der Waals surface area contributed by atoms with Crippen molar-refractivity contribution in [3.63, 3.8) is 0 Å². The zero-order valence-electron chi connectivity index (χ0n) is 6.21. The first-order valence-electron chi connectivity index (χ1n) is 3.19. The van der Waals surface area contributed by atoms with E-state index in [2.05, 4.69) is 0 Å². The third-order valence-electron chi connectivity index (χ3n) is 1.26. The number of hydrogen-bond donors (Lipinski definition) is 1. The van der Waals surface area contributed by atoms with E-state index < -0.39 is 16.3 Å². The lowest BCUT2D eigenvalue weighted by atomic mass is 10.3. The van der Waals surface area contributed by atoms with Crippen LogP contribution >= 0.6 is 0 Å². The highest BCUT2D eigenvalue weighted by molar-refractivity contribution is 7.86. The number of phenols is 1. The van der Waals surface area contributed by atoms with Gasteiger partial charge in [0.15, 0.2) is 10.8 Å². The van der Waals surface area contributed by atoms with Crippen molar-refractivity contribution in [3.8, 4) is 5.75 Å². The molecule has 13 heavy (non-hydrogen) atoms. The van der Waals surface area contributed by atoms with E-state index in [4.69, 9.17) is 5.11 Å². The van der Waals surface area contributed by atoms with E-state index in [-0.39, 0.29) is 10.6 Å². The predicted molar refractivity (Wildman–Crippen MR) is 40.6 cm³/mol. The lowest BCUT2D eigenvalue weighted by Crippen LogP contribution is -2.15. The summed E-state index contributed by atoms with van der Waals surface area (Å²) in [6, 6.07) is 4.05. The highest BCUT2D eigenvalue weighted by Crippen LogP contribution is 2.26. The summed E-state index contributed by atoms with van der Waals surface area (Å²) in [5, 5.41) is 8.76. The first-order valence-corrected chi connectivity index (χ1v) is 4.34. The highest BCUT2D eigenvalue weighted by Gasteiger charge is 2.37. The van der Waals surface area contributed by atoms with Crippen LogP contribution in [-0.4, -0.2) is 14.8 Å². The van der Waals surface area contributed by atoms with Crippen LogP contribution < -0.4 is 0 Å². The average Bonchev–Trinajstić information content (AvgIpc) is 2.03. The first kappa shape index (κ1) is 10.0. The minimum atomic E-state index is -4.75. The number of hydrogen-bond acceptors (Lipinski definition) is 2. The molecule has 0 unspecified atom stereocenters. The second-order valence-electron chi connectivity index (χ2n) is 2.21. The van der Waals surface area contributed by atoms with Gasteiger partial charge in [-0.25, -0.2) is 4.21 Å². The maximum atomic E-state index is 11.9. The van der Waals surface area contributed by atoms with Crippen LogP contribution in [0.15, 0.2) is 29.2 Å². The van der Waals surface area contributed by atoms with Gasteiger partial charge in [-0.05, 0) is 24.3 Å². The molecule has 0 aliphatic rings. The molecule has 0 fully saturated rings. The molecule has 1 rings (SSSR count). The van der Waals surface area contributed by atoms with Crippen molar-refractivity contribution in [2.75, 3.05) is 0 Å². The Morgan fingerprint density at radius 2 is 1.62 bits per heavy atom. The van der Waals surface area contributed by atoms with E-state index in [1.807, 2.05) is 0 Å². The molecule has 1 aromatic rings. The molecule has 0 saturated heterocycles. The van der Waals surface area contributed by atoms with Gasteiger partial charge in [-0.1, -0.05) is 0 Å². The monoisotopic (exact) mass is 210 g/mol. The number of aromatic hydroxyl groups is 1. The van der Waals surface area contributed by atoms with Gasteiger partial charge in [0.05, 0.1) is 0 Å². The summed E-state index contributed by atoms with van der Waals surface area (Å²) in [6.07, 6.45) is 0. The molecule has 0 heterocycles. The van der Waals surface area contributed by atoms with Crippen LogP contribution in [0.3, 0.4) is 0 Å². The zero-order valence-corrected chi connectivity index (χ0v) is 7.02. The summed E-state index contributed by atoms with van der Waals surface area (Å²) < 4.78 is 46.3. The van der Waals surface area contributed by atoms with Crippen LogP contribution in [0.1, 0.15) is 0 Å². The van der Waals surface area contributed by atoms with E-state index in [0.717, 1.165) is 24.3 Å². The number of phenolic OH excluding ortho intramolecular Hbond substituents is 1. The van der Waals surface area contributed by atoms with Crippen LogP contribution in [0.4, 0.5) is 13.2 Å². The van der Waals surface area contributed by atoms with Gasteiger partial charge >= 0.3 is 5.51 Å². The van der Waals surface area contributed by atoms with Gasteiger partial charge in [0.2, 0.25) is 0 Å². The minimum Gasteiger partial charge on any atom is -0.508 e. The molecule has 0 spiro atoms. The molecule has 0 amide bonds. The molecule has 0 aliphatic heterocycles. The Morgan fingerprint density at radius 3 is 2.00 bits per heavy atom. The number of benzene rings is 1. The first-order chi connectivity index (χ1) is 5.91. The summed E-state index contributed by atoms with van der Waals surface area (Å²) in [4.78, 5) is -0.370. The number of alkyl halides is 3. The fourth-order valence-corrected chi connectivity index (χ4v) is 1.35. The van der Waals surface area contributed by atoms with Crippen LogP contribution in [-0.2, 0) is 10.8 Å². The van der Waals surface area contributed by atoms with E-state index in [1.54, 1.807) is 0 Å². The average molecular weight is 210 g/mol. The second-order valence-corrected chi connectivity index (χ2v) is 3.68. The quantitative estimate of drug-likeness (QED) is 0.769. The largest absolute Gasteiger partial charge is 0.508 e. The molecule has 2 nitrogen and oxygen atoms in total. The predicted octanol–water partition coefficient (Wildman–Crippen LogP) is 2.02. The number of rotatable bonds is 1. The van der Waals surface area contributed by atoms with Crippen molar-refractivity contribution in [1.82, 2.24) is 0 Å². The molecule has 0 bridgehead atoms. The Hall–Kier alpha value is -1.04. The fraction of sp³-hybridized carbons (Fsp3) is 0.143. The van der Waals surface area contributed by atoms with Gasteiger partial charge in [0, 0.05) is 4.90 Å². The SMILES string of the molecule is O=[S@](c1ccc(O)cc1)C(F)(F)F. The fourth-order valence-electron chi connectivity index (χ4n) is 0.703. The molecule has 72 valence electrons. The van der Waals surface area contributed by atoms with Crippen molar-refractivity contribution >= 4 is 10.8 Å². The van der Waals surface area contributed by atoms with Crippen molar-refractivity contribution in [3.05, 3.63) is 24.3 Å². The third-order valence-corrected chi connectivity index (χ3v) is 2.38. The summed E-state index contributed by atoms with van der Waals surface area (Å²) in [5.74, 6) is -0.164. The van der Waals surface area contributed by atoms with E-state index in [9.17, 15) is 17.4 Å². The Bertz CT molecular complexity index is 318. The maximum absolute atomic E-state index is 11.9. The zero-order chi connectivity index (χ0) is 10.1. The van der Waals surface area contributed by atoms with Gasteiger partial charge < -0.3 is 5.11 Å². The van der Waals surface area contributed by atoms with Gasteiger partial charge in [-0.15, -0.1) is 0 Å². The molecule has 0 saturated carbocycles. The smallest absolute Gasteiger partial charge is 0.475 e. The van der Waals surface area contributed by atoms with Crippen LogP contribution in [0, 0.1) is 0 Å². The summed E-state index contributed by atoms with van der Waals surface area (Å²) in [6.45, 7) is 0. The normalized spacial score (nSPS) is 14.1. The Labute approximate surface area is 74.5 Å². The topological polar surface area (TPSA) is 37.3 Å². The molecule has 0 aromatic heterocycles. The van der Waals surface area contributed by atoms with Crippen molar-refractivity contribution in [1.29, 1.82) is 0 Å². The van der Waals surface area contributed by atoms with Gasteiger partial charge in [-0.2, -0.15) is 13.2 Å². The van der Waals surface area contributed by atoms with E-state index in [1.165, 1.54) is 0 Å². The molecular weight excluding hydrogens is 205 g/mol. The molecule has 1 atom stereocenters. The van der Waals surface area contributed by atoms with E-state index in [0.29, 0.717) is 0 Å². The lowest BCUT2D eigenvalue weighted by molar-refractivity contribution is -0.0384. The van der Waals surface area contributed by atoms with Gasteiger partial charge in [-0.3, -0.25) is 0 Å². The molecule has 0 radical (unpaired) electrons. The molecule has 6 heteroatoms. The van der Waals surface area contributed by atoms with Crippen molar-refractivity contribution in [2.45, 2.75) is 10.4 Å². The Morgan fingerprint density at radius 1 is 1.15 bits per heavy atom. The molecule has 1 aromatic carbocycles. The minimum absolute atomic E-state index is 0.164. The lowest BCUT2D eigenvalue weighted by Gasteiger charge is -2.05.